The van der Waals surface area contributed by atoms with Crippen molar-refractivity contribution >= 4 is 11.7 Å². The zero-order valence-corrected chi connectivity index (χ0v) is 9.79. The van der Waals surface area contributed by atoms with Crippen molar-refractivity contribution in [2.75, 3.05) is 11.9 Å². The number of amides is 2. The van der Waals surface area contributed by atoms with Crippen molar-refractivity contribution in [1.29, 1.82) is 0 Å². The van der Waals surface area contributed by atoms with E-state index in [1.54, 1.807) is 0 Å². The highest BCUT2D eigenvalue weighted by molar-refractivity contribution is 5.89. The number of carbonyl (C=O) groups is 1. The Kier molecular flexibility index (Phi) is 4.31. The van der Waals surface area contributed by atoms with Crippen LogP contribution in [-0.2, 0) is 0 Å². The summed E-state index contributed by atoms with van der Waals surface area (Å²) in [6, 6.07) is 9.10. The fourth-order valence-electron chi connectivity index (χ4n) is 1.24. The van der Waals surface area contributed by atoms with Gasteiger partial charge in [0.25, 0.3) is 0 Å². The fraction of sp³-hybridized carbons (Fsp3) is 0.417. The summed E-state index contributed by atoms with van der Waals surface area (Å²) in [6.45, 7) is 4.35. The van der Waals surface area contributed by atoms with Crippen molar-refractivity contribution in [3.8, 4) is 0 Å². The maximum atomic E-state index is 11.7. The third-order valence-corrected chi connectivity index (χ3v) is 2.68. The number of anilines is 1. The molecule has 1 aromatic carbocycles. The predicted molar refractivity (Wildman–Crippen MR) is 66.3 cm³/mol. The molecule has 1 unspecified atom stereocenters. The summed E-state index contributed by atoms with van der Waals surface area (Å²) in [5.74, 6) is 0. The first kappa shape index (κ1) is 12.5. The van der Waals surface area contributed by atoms with E-state index in [-0.39, 0.29) is 11.6 Å². The van der Waals surface area contributed by atoms with Crippen molar-refractivity contribution < 1.29 is 4.79 Å². The lowest BCUT2D eigenvalue weighted by molar-refractivity contribution is 0.238. The molecule has 0 aliphatic rings. The van der Waals surface area contributed by atoms with Gasteiger partial charge < -0.3 is 16.4 Å². The Hall–Kier alpha value is -1.55. The van der Waals surface area contributed by atoms with Gasteiger partial charge in [-0.1, -0.05) is 25.1 Å². The first-order valence-electron chi connectivity index (χ1n) is 5.44. The second kappa shape index (κ2) is 5.51. The number of benzene rings is 1. The van der Waals surface area contributed by atoms with Crippen molar-refractivity contribution in [3.05, 3.63) is 30.3 Å². The minimum Gasteiger partial charge on any atom is -0.331 e. The molecule has 0 bridgehead atoms. The Morgan fingerprint density at radius 3 is 2.50 bits per heavy atom. The summed E-state index contributed by atoms with van der Waals surface area (Å²) >= 11 is 0. The van der Waals surface area contributed by atoms with Crippen LogP contribution in [0.2, 0.25) is 0 Å². The van der Waals surface area contributed by atoms with Gasteiger partial charge in [-0.05, 0) is 25.5 Å². The molecule has 0 fully saturated rings. The van der Waals surface area contributed by atoms with Gasteiger partial charge in [0.2, 0.25) is 0 Å². The molecule has 4 nitrogen and oxygen atoms in total. The minimum absolute atomic E-state index is 0.221. The number of para-hydroxylation sites is 1. The van der Waals surface area contributed by atoms with Gasteiger partial charge in [-0.3, -0.25) is 0 Å². The van der Waals surface area contributed by atoms with Gasteiger partial charge in [0.05, 0.1) is 5.54 Å². The smallest absolute Gasteiger partial charge is 0.319 e. The van der Waals surface area contributed by atoms with Crippen LogP contribution in [0, 0.1) is 0 Å². The molecule has 0 aliphatic heterocycles. The minimum atomic E-state index is -0.348. The van der Waals surface area contributed by atoms with E-state index in [0.29, 0.717) is 6.54 Å². The van der Waals surface area contributed by atoms with Crippen LogP contribution >= 0.6 is 0 Å². The van der Waals surface area contributed by atoms with Crippen LogP contribution in [-0.4, -0.2) is 18.1 Å². The lowest BCUT2D eigenvalue weighted by Gasteiger charge is -2.27. The number of rotatable bonds is 4. The predicted octanol–water partition coefficient (Wildman–Crippen LogP) is 1.94. The molecule has 0 heterocycles. The molecule has 88 valence electrons. The first-order chi connectivity index (χ1) is 7.59. The van der Waals surface area contributed by atoms with Crippen LogP contribution in [0.3, 0.4) is 0 Å². The normalized spacial score (nSPS) is 13.9. The van der Waals surface area contributed by atoms with E-state index in [4.69, 9.17) is 5.73 Å². The van der Waals surface area contributed by atoms with Crippen molar-refractivity contribution in [2.24, 2.45) is 5.73 Å². The van der Waals surface area contributed by atoms with E-state index in [1.165, 1.54) is 0 Å². The van der Waals surface area contributed by atoms with Gasteiger partial charge in [-0.25, -0.2) is 4.79 Å². The zero-order chi connectivity index (χ0) is 12.0. The quantitative estimate of drug-likeness (QED) is 0.727. The maximum absolute atomic E-state index is 11.7. The molecule has 4 N–H and O–H groups in total. The van der Waals surface area contributed by atoms with Crippen LogP contribution < -0.4 is 16.4 Å². The van der Waals surface area contributed by atoms with Gasteiger partial charge in [0, 0.05) is 12.2 Å². The highest BCUT2D eigenvalue weighted by Gasteiger charge is 2.22. The summed E-state index contributed by atoms with van der Waals surface area (Å²) < 4.78 is 0. The summed E-state index contributed by atoms with van der Waals surface area (Å²) in [6.07, 6.45) is 0.797. The second-order valence-electron chi connectivity index (χ2n) is 4.06. The maximum Gasteiger partial charge on any atom is 0.319 e. The van der Waals surface area contributed by atoms with Gasteiger partial charge in [0.15, 0.2) is 0 Å². The Morgan fingerprint density at radius 1 is 1.38 bits per heavy atom. The monoisotopic (exact) mass is 221 g/mol. The Balaban J connectivity index is 2.54. The summed E-state index contributed by atoms with van der Waals surface area (Å²) in [7, 11) is 0. The van der Waals surface area contributed by atoms with Crippen LogP contribution in [0.4, 0.5) is 10.5 Å². The van der Waals surface area contributed by atoms with E-state index in [9.17, 15) is 4.79 Å². The third-order valence-electron chi connectivity index (χ3n) is 2.68. The topological polar surface area (TPSA) is 67.1 Å². The molecule has 0 aromatic heterocycles. The van der Waals surface area contributed by atoms with Gasteiger partial charge in [-0.15, -0.1) is 0 Å². The largest absolute Gasteiger partial charge is 0.331 e. The van der Waals surface area contributed by atoms with E-state index >= 15 is 0 Å². The van der Waals surface area contributed by atoms with Crippen molar-refractivity contribution in [2.45, 2.75) is 25.8 Å². The lowest BCUT2D eigenvalue weighted by atomic mass is 10.00. The van der Waals surface area contributed by atoms with E-state index in [2.05, 4.69) is 10.6 Å². The average Bonchev–Trinajstić information content (AvgIpc) is 2.30. The molecule has 0 aliphatic carbocycles. The highest BCUT2D eigenvalue weighted by Crippen LogP contribution is 2.08. The molecule has 16 heavy (non-hydrogen) atoms. The second-order valence-corrected chi connectivity index (χ2v) is 4.06. The van der Waals surface area contributed by atoms with Gasteiger partial charge in [0.1, 0.15) is 0 Å². The number of hydrogen-bond acceptors (Lipinski definition) is 2. The van der Waals surface area contributed by atoms with Crippen LogP contribution in [0.25, 0.3) is 0 Å². The van der Waals surface area contributed by atoms with Crippen LogP contribution in [0.1, 0.15) is 20.3 Å². The zero-order valence-electron chi connectivity index (χ0n) is 9.79. The molecule has 2 amide bonds. The SMILES string of the molecule is CCC(C)(CN)NC(=O)Nc1ccccc1. The van der Waals surface area contributed by atoms with Crippen molar-refractivity contribution in [1.82, 2.24) is 5.32 Å². The number of nitrogens with two attached hydrogens (primary N) is 1. The summed E-state index contributed by atoms with van der Waals surface area (Å²) in [5, 5.41) is 5.63. The number of urea groups is 1. The van der Waals surface area contributed by atoms with Crippen LogP contribution in [0.15, 0.2) is 30.3 Å². The Bertz CT molecular complexity index is 333. The molecule has 1 atom stereocenters. The number of nitrogens with one attached hydrogen (secondary N) is 2. The van der Waals surface area contributed by atoms with E-state index in [0.717, 1.165) is 12.1 Å². The van der Waals surface area contributed by atoms with E-state index in [1.807, 2.05) is 44.2 Å². The molecule has 4 heteroatoms. The Morgan fingerprint density at radius 2 is 2.00 bits per heavy atom. The molecular formula is C12H19N3O. The third kappa shape index (κ3) is 3.55. The average molecular weight is 221 g/mol. The number of hydrogen-bond donors (Lipinski definition) is 3. The first-order valence-corrected chi connectivity index (χ1v) is 5.44. The van der Waals surface area contributed by atoms with Gasteiger partial charge >= 0.3 is 6.03 Å². The standard InChI is InChI=1S/C12H19N3O/c1-3-12(2,9-13)15-11(16)14-10-7-5-4-6-8-10/h4-8H,3,9,13H2,1-2H3,(H2,14,15,16). The molecular weight excluding hydrogens is 202 g/mol. The van der Waals surface area contributed by atoms with Crippen molar-refractivity contribution in [3.63, 3.8) is 0 Å². The molecule has 0 saturated carbocycles. The molecule has 1 rings (SSSR count). The summed E-state index contributed by atoms with van der Waals surface area (Å²) in [4.78, 5) is 11.7. The summed E-state index contributed by atoms with van der Waals surface area (Å²) in [5.41, 5.74) is 6.04. The molecule has 0 saturated heterocycles. The fourth-order valence-corrected chi connectivity index (χ4v) is 1.24. The van der Waals surface area contributed by atoms with Gasteiger partial charge in [-0.2, -0.15) is 0 Å². The van der Waals surface area contributed by atoms with Crippen LogP contribution in [0.5, 0.6) is 0 Å². The molecule has 0 radical (unpaired) electrons. The highest BCUT2D eigenvalue weighted by atomic mass is 16.2. The number of carbonyl (C=O) groups excluding carboxylic acids is 1. The molecule has 0 spiro atoms. The van der Waals surface area contributed by atoms with E-state index < -0.39 is 0 Å². The lowest BCUT2D eigenvalue weighted by Crippen LogP contribution is -2.52. The Labute approximate surface area is 96.2 Å². The molecule has 1 aromatic rings.